The Hall–Kier alpha value is -5.51. The largest absolute Gasteiger partial charge is 0.295 e. The second-order valence-corrected chi connectivity index (χ2v) is 12.0. The molecule has 0 saturated carbocycles. The number of nitrogens with zero attached hydrogens (tertiary/aromatic N) is 2. The Morgan fingerprint density at radius 2 is 0.818 bits per heavy atom. The van der Waals surface area contributed by atoms with Crippen molar-refractivity contribution in [2.24, 2.45) is 0 Å². The fourth-order valence-electron chi connectivity index (χ4n) is 5.87. The molecule has 8 aromatic rings. The van der Waals surface area contributed by atoms with E-state index in [1.807, 2.05) is 17.5 Å². The van der Waals surface area contributed by atoms with Crippen molar-refractivity contribution in [3.8, 4) is 33.4 Å². The van der Waals surface area contributed by atoms with Gasteiger partial charge in [0.2, 0.25) is 0 Å². The van der Waals surface area contributed by atoms with E-state index in [0.717, 1.165) is 17.2 Å². The normalized spacial score (nSPS) is 11.2. The lowest BCUT2D eigenvalue weighted by molar-refractivity contribution is 1.19. The molecule has 0 spiro atoms. The highest BCUT2D eigenvalue weighted by Crippen LogP contribution is 2.40. The Bertz CT molecular complexity index is 2180. The van der Waals surface area contributed by atoms with Crippen molar-refractivity contribution in [2.45, 2.75) is 0 Å². The molecule has 0 atom stereocenters. The first kappa shape index (κ1) is 26.1. The van der Waals surface area contributed by atoms with Gasteiger partial charge >= 0.3 is 0 Å². The lowest BCUT2D eigenvalue weighted by Crippen LogP contribution is -2.11. The Kier molecular flexibility index (Phi) is 6.71. The molecule has 0 radical (unpaired) electrons. The standard InChI is InChI=1S/C41H28N2S/c1-3-9-29(10-4-1)31-15-17-32(18-16-31)34-21-25-36(26-22-34)43(35-23-19-33(20-24-35)30-11-5-2-6-12-30)41-27-40-38(28-42-41)37-13-7-8-14-39(37)44-40/h1-28H. The second kappa shape index (κ2) is 11.3. The zero-order chi connectivity index (χ0) is 29.3. The fourth-order valence-corrected chi connectivity index (χ4v) is 6.98. The quantitative estimate of drug-likeness (QED) is 0.194. The minimum Gasteiger partial charge on any atom is -0.295 e. The highest BCUT2D eigenvalue weighted by molar-refractivity contribution is 7.25. The number of anilines is 3. The van der Waals surface area contributed by atoms with Crippen LogP contribution in [-0.2, 0) is 0 Å². The summed E-state index contributed by atoms with van der Waals surface area (Å²) in [7, 11) is 0. The molecule has 3 heteroatoms. The van der Waals surface area contributed by atoms with Crippen LogP contribution in [0.2, 0.25) is 0 Å². The van der Waals surface area contributed by atoms with Gasteiger partial charge in [-0.15, -0.1) is 11.3 Å². The van der Waals surface area contributed by atoms with Crippen LogP contribution in [0.1, 0.15) is 0 Å². The summed E-state index contributed by atoms with van der Waals surface area (Å²) >= 11 is 1.82. The molecule has 44 heavy (non-hydrogen) atoms. The summed E-state index contributed by atoms with van der Waals surface area (Å²) in [6, 6.07) is 58.2. The van der Waals surface area contributed by atoms with Gasteiger partial charge in [0.1, 0.15) is 5.82 Å². The number of benzene rings is 6. The summed E-state index contributed by atoms with van der Waals surface area (Å²) in [5, 5.41) is 2.45. The number of hydrogen-bond acceptors (Lipinski definition) is 3. The number of aromatic nitrogens is 1. The lowest BCUT2D eigenvalue weighted by atomic mass is 10.00. The summed E-state index contributed by atoms with van der Waals surface area (Å²) in [5.74, 6) is 0.900. The van der Waals surface area contributed by atoms with E-state index < -0.39 is 0 Å². The number of rotatable bonds is 6. The molecular formula is C41H28N2S. The lowest BCUT2D eigenvalue weighted by Gasteiger charge is -2.25. The molecule has 0 saturated heterocycles. The Morgan fingerprint density at radius 3 is 1.34 bits per heavy atom. The maximum Gasteiger partial charge on any atom is 0.138 e. The maximum absolute atomic E-state index is 5.01. The van der Waals surface area contributed by atoms with Crippen LogP contribution in [0.15, 0.2) is 170 Å². The van der Waals surface area contributed by atoms with E-state index >= 15 is 0 Å². The SMILES string of the molecule is c1ccc(-c2ccc(-c3ccc(N(c4ccc(-c5ccccc5)cc4)c4cc5sc6ccccc6c5cn4)cc3)cc2)cc1. The molecular weight excluding hydrogens is 553 g/mol. The predicted molar refractivity (Wildman–Crippen MR) is 188 cm³/mol. The van der Waals surface area contributed by atoms with Crippen molar-refractivity contribution < 1.29 is 0 Å². The summed E-state index contributed by atoms with van der Waals surface area (Å²) in [6.45, 7) is 0. The Labute approximate surface area is 261 Å². The summed E-state index contributed by atoms with van der Waals surface area (Å²) in [5.41, 5.74) is 9.35. The van der Waals surface area contributed by atoms with Gasteiger partial charge < -0.3 is 0 Å². The minimum absolute atomic E-state index is 0.900. The first-order valence-electron chi connectivity index (χ1n) is 14.8. The molecule has 0 aliphatic rings. The van der Waals surface area contributed by atoms with Gasteiger partial charge in [0.15, 0.2) is 0 Å². The molecule has 0 fully saturated rings. The molecule has 6 aromatic carbocycles. The molecule has 0 bridgehead atoms. The third kappa shape index (κ3) is 4.94. The highest BCUT2D eigenvalue weighted by Gasteiger charge is 2.16. The van der Waals surface area contributed by atoms with Gasteiger partial charge in [0.05, 0.1) is 0 Å². The van der Waals surface area contributed by atoms with Gasteiger partial charge in [-0.2, -0.15) is 0 Å². The molecule has 208 valence electrons. The molecule has 2 aromatic heterocycles. The molecule has 0 unspecified atom stereocenters. The van der Waals surface area contributed by atoms with Crippen LogP contribution in [0.25, 0.3) is 53.6 Å². The molecule has 0 aliphatic heterocycles. The number of hydrogen-bond donors (Lipinski definition) is 0. The van der Waals surface area contributed by atoms with Gasteiger partial charge in [0, 0.05) is 37.7 Å². The topological polar surface area (TPSA) is 16.1 Å². The average Bonchev–Trinajstić information content (AvgIpc) is 3.48. The smallest absolute Gasteiger partial charge is 0.138 e. The summed E-state index contributed by atoms with van der Waals surface area (Å²) in [6.07, 6.45) is 2.03. The third-order valence-corrected chi connectivity index (χ3v) is 9.29. The second-order valence-electron chi connectivity index (χ2n) is 10.9. The Balaban J connectivity index is 1.18. The van der Waals surface area contributed by atoms with Gasteiger partial charge in [-0.05, 0) is 69.8 Å². The van der Waals surface area contributed by atoms with Crippen molar-refractivity contribution >= 4 is 48.7 Å². The van der Waals surface area contributed by atoms with Gasteiger partial charge in [0.25, 0.3) is 0 Å². The van der Waals surface area contributed by atoms with Crippen LogP contribution < -0.4 is 4.90 Å². The van der Waals surface area contributed by atoms with Crippen LogP contribution in [0.5, 0.6) is 0 Å². The molecule has 8 rings (SSSR count). The molecule has 0 amide bonds. The van der Waals surface area contributed by atoms with Gasteiger partial charge in [-0.25, -0.2) is 4.98 Å². The van der Waals surface area contributed by atoms with Crippen molar-refractivity contribution in [2.75, 3.05) is 4.90 Å². The fraction of sp³-hybridized carbons (Fsp3) is 0. The summed E-state index contributed by atoms with van der Waals surface area (Å²) in [4.78, 5) is 7.27. The zero-order valence-electron chi connectivity index (χ0n) is 24.0. The first-order chi connectivity index (χ1) is 21.8. The summed E-state index contributed by atoms with van der Waals surface area (Å²) < 4.78 is 2.51. The third-order valence-electron chi connectivity index (χ3n) is 8.16. The van der Waals surface area contributed by atoms with E-state index in [9.17, 15) is 0 Å². The highest BCUT2D eigenvalue weighted by atomic mass is 32.1. The van der Waals surface area contributed by atoms with E-state index in [0.29, 0.717) is 0 Å². The van der Waals surface area contributed by atoms with E-state index in [-0.39, 0.29) is 0 Å². The van der Waals surface area contributed by atoms with Gasteiger partial charge in [-0.3, -0.25) is 4.90 Å². The van der Waals surface area contributed by atoms with Gasteiger partial charge in [-0.1, -0.05) is 127 Å². The monoisotopic (exact) mass is 580 g/mol. The number of pyridine rings is 1. The molecule has 0 aliphatic carbocycles. The predicted octanol–water partition coefficient (Wildman–Crippen LogP) is 11.9. The number of fused-ring (bicyclic) bond motifs is 3. The van der Waals surface area contributed by atoms with Crippen LogP contribution in [0, 0.1) is 0 Å². The molecule has 2 nitrogen and oxygen atoms in total. The van der Waals surface area contributed by atoms with Crippen molar-refractivity contribution in [1.29, 1.82) is 0 Å². The Morgan fingerprint density at radius 1 is 0.386 bits per heavy atom. The van der Waals surface area contributed by atoms with E-state index in [4.69, 9.17) is 4.98 Å². The van der Waals surface area contributed by atoms with Crippen molar-refractivity contribution in [3.63, 3.8) is 0 Å². The minimum atomic E-state index is 0.900. The zero-order valence-corrected chi connectivity index (χ0v) is 24.8. The average molecular weight is 581 g/mol. The van der Waals surface area contributed by atoms with Crippen molar-refractivity contribution in [3.05, 3.63) is 170 Å². The van der Waals surface area contributed by atoms with E-state index in [2.05, 4.69) is 169 Å². The van der Waals surface area contributed by atoms with Crippen LogP contribution in [-0.4, -0.2) is 4.98 Å². The molecule has 0 N–H and O–H groups in total. The van der Waals surface area contributed by atoms with E-state index in [1.165, 1.54) is 53.6 Å². The molecule has 2 heterocycles. The van der Waals surface area contributed by atoms with E-state index in [1.54, 1.807) is 0 Å². The number of thiophene rings is 1. The maximum atomic E-state index is 5.01. The van der Waals surface area contributed by atoms with Crippen molar-refractivity contribution in [1.82, 2.24) is 4.98 Å². The van der Waals surface area contributed by atoms with Crippen LogP contribution in [0.4, 0.5) is 17.2 Å². The van der Waals surface area contributed by atoms with Crippen LogP contribution >= 0.6 is 11.3 Å². The van der Waals surface area contributed by atoms with Crippen LogP contribution in [0.3, 0.4) is 0 Å². The first-order valence-corrected chi connectivity index (χ1v) is 15.6.